The lowest BCUT2D eigenvalue weighted by atomic mass is 10.2. The van der Waals surface area contributed by atoms with Crippen LogP contribution in [0.2, 0.25) is 0 Å². The highest BCUT2D eigenvalue weighted by Gasteiger charge is 2.32. The summed E-state index contributed by atoms with van der Waals surface area (Å²) in [5.41, 5.74) is 0.573. The Morgan fingerprint density at radius 1 is 1.59 bits per heavy atom. The molecule has 4 nitrogen and oxygen atoms in total. The summed E-state index contributed by atoms with van der Waals surface area (Å²) in [6.07, 6.45) is 5.67. The highest BCUT2D eigenvalue weighted by Crippen LogP contribution is 2.28. The predicted octanol–water partition coefficient (Wildman–Crippen LogP) is 2.36. The number of carbonyl (C=O) groups is 1. The van der Waals surface area contributed by atoms with E-state index < -0.39 is 0 Å². The van der Waals surface area contributed by atoms with Crippen molar-refractivity contribution in [3.8, 4) is 6.07 Å². The van der Waals surface area contributed by atoms with E-state index in [9.17, 15) is 4.79 Å². The SMILES string of the molecule is N#CCCN(C(=O)c1cncc(Br)c1)C1CC1. The standard InChI is InChI=1S/C12H12BrN3O/c13-10-6-9(7-15-8-10)12(17)16(5-1-4-14)11-2-3-11/h6-8,11H,1-3,5H2. The largest absolute Gasteiger partial charge is 0.335 e. The molecule has 0 aromatic carbocycles. The first-order chi connectivity index (χ1) is 8.22. The molecular weight excluding hydrogens is 282 g/mol. The van der Waals surface area contributed by atoms with E-state index in [2.05, 4.69) is 27.0 Å². The number of aromatic nitrogens is 1. The van der Waals surface area contributed by atoms with Gasteiger partial charge in [-0.2, -0.15) is 5.26 Å². The minimum Gasteiger partial charge on any atom is -0.335 e. The van der Waals surface area contributed by atoms with Crippen LogP contribution in [0.25, 0.3) is 0 Å². The fourth-order valence-corrected chi connectivity index (χ4v) is 2.07. The van der Waals surface area contributed by atoms with Crippen molar-refractivity contribution in [3.05, 3.63) is 28.5 Å². The second kappa shape index (κ2) is 5.28. The lowest BCUT2D eigenvalue weighted by Gasteiger charge is -2.21. The summed E-state index contributed by atoms with van der Waals surface area (Å²) in [4.78, 5) is 18.0. The molecule has 1 amide bonds. The molecule has 0 spiro atoms. The Kier molecular flexibility index (Phi) is 3.75. The molecule has 1 aliphatic carbocycles. The molecule has 0 bridgehead atoms. The number of pyridine rings is 1. The van der Waals surface area contributed by atoms with Gasteiger partial charge in [0.1, 0.15) is 0 Å². The number of halogens is 1. The second-order valence-corrected chi connectivity index (χ2v) is 4.95. The molecule has 0 unspecified atom stereocenters. The number of rotatable bonds is 4. The van der Waals surface area contributed by atoms with Crippen LogP contribution in [0.4, 0.5) is 0 Å². The summed E-state index contributed by atoms with van der Waals surface area (Å²) in [6, 6.07) is 4.16. The van der Waals surface area contributed by atoms with Gasteiger partial charge in [0.05, 0.1) is 18.1 Å². The minimum atomic E-state index is -0.0310. The zero-order valence-electron chi connectivity index (χ0n) is 9.27. The van der Waals surface area contributed by atoms with Crippen molar-refractivity contribution in [2.75, 3.05) is 6.54 Å². The third-order valence-electron chi connectivity index (χ3n) is 2.66. The Morgan fingerprint density at radius 3 is 2.94 bits per heavy atom. The summed E-state index contributed by atoms with van der Waals surface area (Å²) in [5, 5.41) is 8.61. The van der Waals surface area contributed by atoms with E-state index in [1.807, 2.05) is 0 Å². The molecule has 0 atom stereocenters. The van der Waals surface area contributed by atoms with Gasteiger partial charge in [-0.3, -0.25) is 9.78 Å². The highest BCUT2D eigenvalue weighted by atomic mass is 79.9. The maximum atomic E-state index is 12.2. The monoisotopic (exact) mass is 293 g/mol. The molecule has 1 saturated carbocycles. The maximum absolute atomic E-state index is 12.2. The summed E-state index contributed by atoms with van der Waals surface area (Å²) in [6.45, 7) is 0.506. The van der Waals surface area contributed by atoms with Crippen LogP contribution in [0.15, 0.2) is 22.9 Å². The highest BCUT2D eigenvalue weighted by molar-refractivity contribution is 9.10. The van der Waals surface area contributed by atoms with Crippen LogP contribution in [-0.2, 0) is 0 Å². The van der Waals surface area contributed by atoms with E-state index in [1.54, 1.807) is 23.4 Å². The molecule has 2 rings (SSSR count). The van der Waals surface area contributed by atoms with Crippen LogP contribution in [0.3, 0.4) is 0 Å². The zero-order valence-corrected chi connectivity index (χ0v) is 10.9. The summed E-state index contributed by atoms with van der Waals surface area (Å²) < 4.78 is 0.791. The molecule has 0 aliphatic heterocycles. The van der Waals surface area contributed by atoms with Crippen molar-refractivity contribution >= 4 is 21.8 Å². The number of nitrogens with zero attached hydrogens (tertiary/aromatic N) is 3. The number of amides is 1. The molecule has 1 aromatic rings. The van der Waals surface area contributed by atoms with Gasteiger partial charge in [0.25, 0.3) is 5.91 Å². The van der Waals surface area contributed by atoms with Gasteiger partial charge in [-0.1, -0.05) is 0 Å². The molecule has 1 heterocycles. The van der Waals surface area contributed by atoms with Crippen LogP contribution in [0, 0.1) is 11.3 Å². The molecule has 1 fully saturated rings. The Morgan fingerprint density at radius 2 is 2.35 bits per heavy atom. The summed E-state index contributed by atoms with van der Waals surface area (Å²) in [5.74, 6) is -0.0310. The second-order valence-electron chi connectivity index (χ2n) is 4.03. The summed E-state index contributed by atoms with van der Waals surface area (Å²) >= 11 is 3.30. The maximum Gasteiger partial charge on any atom is 0.255 e. The lowest BCUT2D eigenvalue weighted by molar-refractivity contribution is 0.0746. The summed E-state index contributed by atoms with van der Waals surface area (Å²) in [7, 11) is 0. The van der Waals surface area contributed by atoms with Crippen LogP contribution < -0.4 is 0 Å². The Labute approximate surface area is 108 Å². The Balaban J connectivity index is 2.13. The molecule has 88 valence electrons. The number of hydrogen-bond acceptors (Lipinski definition) is 3. The van der Waals surface area contributed by atoms with E-state index >= 15 is 0 Å². The number of hydrogen-bond donors (Lipinski definition) is 0. The van der Waals surface area contributed by atoms with Gasteiger partial charge in [0.15, 0.2) is 0 Å². The van der Waals surface area contributed by atoms with Gasteiger partial charge in [-0.15, -0.1) is 0 Å². The van der Waals surface area contributed by atoms with Crippen LogP contribution in [0.1, 0.15) is 29.6 Å². The average molecular weight is 294 g/mol. The Hall–Kier alpha value is -1.41. The lowest BCUT2D eigenvalue weighted by Crippen LogP contribution is -2.34. The van der Waals surface area contributed by atoms with Gasteiger partial charge in [-0.25, -0.2) is 0 Å². The Bertz CT molecular complexity index is 465. The van der Waals surface area contributed by atoms with Crippen LogP contribution in [0.5, 0.6) is 0 Å². The minimum absolute atomic E-state index is 0.0310. The van der Waals surface area contributed by atoms with E-state index in [4.69, 9.17) is 5.26 Å². The van der Waals surface area contributed by atoms with Crippen molar-refractivity contribution in [1.82, 2.24) is 9.88 Å². The first kappa shape index (κ1) is 12.1. The molecule has 0 radical (unpaired) electrons. The molecule has 1 aliphatic rings. The van der Waals surface area contributed by atoms with Gasteiger partial charge < -0.3 is 4.90 Å². The number of carbonyl (C=O) groups excluding carboxylic acids is 1. The van der Waals surface area contributed by atoms with Crippen molar-refractivity contribution in [1.29, 1.82) is 5.26 Å². The van der Waals surface area contributed by atoms with Crippen molar-refractivity contribution in [2.24, 2.45) is 0 Å². The zero-order chi connectivity index (χ0) is 12.3. The molecular formula is C12H12BrN3O. The van der Waals surface area contributed by atoms with Crippen molar-refractivity contribution in [3.63, 3.8) is 0 Å². The van der Waals surface area contributed by atoms with E-state index in [1.165, 1.54) is 0 Å². The molecule has 0 saturated heterocycles. The van der Waals surface area contributed by atoms with Gasteiger partial charge in [0.2, 0.25) is 0 Å². The topological polar surface area (TPSA) is 57.0 Å². The molecule has 1 aromatic heterocycles. The first-order valence-electron chi connectivity index (χ1n) is 5.51. The quantitative estimate of drug-likeness (QED) is 0.856. The normalized spacial score (nSPS) is 14.1. The van der Waals surface area contributed by atoms with Gasteiger partial charge in [0, 0.05) is 29.5 Å². The first-order valence-corrected chi connectivity index (χ1v) is 6.30. The van der Waals surface area contributed by atoms with E-state index in [-0.39, 0.29) is 5.91 Å². The average Bonchev–Trinajstić information content (AvgIpc) is 3.14. The fourth-order valence-electron chi connectivity index (χ4n) is 1.70. The third-order valence-corrected chi connectivity index (χ3v) is 3.10. The van der Waals surface area contributed by atoms with Crippen LogP contribution >= 0.6 is 15.9 Å². The molecule has 0 N–H and O–H groups in total. The van der Waals surface area contributed by atoms with E-state index in [0.29, 0.717) is 24.6 Å². The number of nitriles is 1. The predicted molar refractivity (Wildman–Crippen MR) is 66.2 cm³/mol. The van der Waals surface area contributed by atoms with Crippen LogP contribution in [-0.4, -0.2) is 28.4 Å². The van der Waals surface area contributed by atoms with Gasteiger partial charge in [-0.05, 0) is 34.8 Å². The van der Waals surface area contributed by atoms with Gasteiger partial charge >= 0.3 is 0 Å². The smallest absolute Gasteiger partial charge is 0.255 e. The van der Waals surface area contributed by atoms with Crippen molar-refractivity contribution in [2.45, 2.75) is 25.3 Å². The molecule has 5 heteroatoms. The molecule has 17 heavy (non-hydrogen) atoms. The van der Waals surface area contributed by atoms with E-state index in [0.717, 1.165) is 17.3 Å². The fraction of sp³-hybridized carbons (Fsp3) is 0.417. The third kappa shape index (κ3) is 3.04. The van der Waals surface area contributed by atoms with Crippen molar-refractivity contribution < 1.29 is 4.79 Å².